The lowest BCUT2D eigenvalue weighted by molar-refractivity contribution is -0.384. The van der Waals surface area contributed by atoms with Gasteiger partial charge in [0.25, 0.3) is 11.6 Å². The summed E-state index contributed by atoms with van der Waals surface area (Å²) in [6, 6.07) is 10.1. The van der Waals surface area contributed by atoms with E-state index in [1.165, 1.54) is 6.07 Å². The van der Waals surface area contributed by atoms with Crippen molar-refractivity contribution in [2.24, 2.45) is 0 Å². The van der Waals surface area contributed by atoms with Crippen LogP contribution in [-0.2, 0) is 6.54 Å². The monoisotopic (exact) mass is 340 g/mol. The van der Waals surface area contributed by atoms with Crippen LogP contribution >= 0.6 is 0 Å². The zero-order valence-corrected chi connectivity index (χ0v) is 13.9. The smallest absolute Gasteiger partial charge is 0.293 e. The van der Waals surface area contributed by atoms with Crippen LogP contribution in [0.2, 0.25) is 0 Å². The Labute approximate surface area is 145 Å². The third-order valence-electron chi connectivity index (χ3n) is 4.29. The van der Waals surface area contributed by atoms with Crippen molar-refractivity contribution in [3.8, 4) is 0 Å². The normalized spacial score (nSPS) is 14.2. The molecule has 1 aliphatic rings. The molecule has 0 radical (unpaired) electrons. The molecule has 1 amide bonds. The summed E-state index contributed by atoms with van der Waals surface area (Å²) in [5.41, 5.74) is 1.58. The van der Waals surface area contributed by atoms with Crippen molar-refractivity contribution < 1.29 is 9.72 Å². The summed E-state index contributed by atoms with van der Waals surface area (Å²) in [5.74, 6) is -0.348. The van der Waals surface area contributed by atoms with Crippen LogP contribution in [0.3, 0.4) is 0 Å². The minimum Gasteiger partial charge on any atom is -0.366 e. The zero-order chi connectivity index (χ0) is 17.6. The minimum atomic E-state index is -0.417. The van der Waals surface area contributed by atoms with Crippen molar-refractivity contribution in [1.82, 2.24) is 10.3 Å². The molecule has 7 heteroatoms. The SMILES string of the molecule is O=C(NCc1ccccn1)c1ccc(N2CCCCC2)c([N+](=O)[O-])c1. The quantitative estimate of drug-likeness (QED) is 0.668. The van der Waals surface area contributed by atoms with Crippen molar-refractivity contribution in [1.29, 1.82) is 0 Å². The number of carbonyl (C=O) groups excluding carboxylic acids is 1. The number of nitro benzene ring substituents is 1. The van der Waals surface area contributed by atoms with Crippen LogP contribution in [0.25, 0.3) is 0 Å². The van der Waals surface area contributed by atoms with Gasteiger partial charge >= 0.3 is 0 Å². The average Bonchev–Trinajstić information content (AvgIpc) is 2.67. The van der Waals surface area contributed by atoms with Crippen molar-refractivity contribution >= 4 is 17.3 Å². The molecule has 1 saturated heterocycles. The lowest BCUT2D eigenvalue weighted by Crippen LogP contribution is -2.30. The van der Waals surface area contributed by atoms with Crippen LogP contribution in [0, 0.1) is 10.1 Å². The third-order valence-corrected chi connectivity index (χ3v) is 4.29. The Kier molecular flexibility index (Phi) is 5.23. The first-order valence-electron chi connectivity index (χ1n) is 8.36. The molecule has 2 heterocycles. The molecule has 0 bridgehead atoms. The van der Waals surface area contributed by atoms with E-state index in [1.54, 1.807) is 24.4 Å². The summed E-state index contributed by atoms with van der Waals surface area (Å²) < 4.78 is 0. The summed E-state index contributed by atoms with van der Waals surface area (Å²) in [5, 5.41) is 14.2. The highest BCUT2D eigenvalue weighted by Gasteiger charge is 2.23. The molecular formula is C18H20N4O3. The van der Waals surface area contributed by atoms with Gasteiger partial charge in [-0.25, -0.2) is 0 Å². The standard InChI is InChI=1S/C18H20N4O3/c23-18(20-13-15-6-2-3-9-19-15)14-7-8-16(17(12-14)22(24)25)21-10-4-1-5-11-21/h2-3,6-9,12H,1,4-5,10-11,13H2,(H,20,23). The van der Waals surface area contributed by atoms with Gasteiger partial charge in [0.15, 0.2) is 0 Å². The molecule has 1 aliphatic heterocycles. The maximum atomic E-state index is 12.3. The number of piperidine rings is 1. The van der Waals surface area contributed by atoms with Crippen LogP contribution in [-0.4, -0.2) is 28.9 Å². The number of aromatic nitrogens is 1. The Bertz CT molecular complexity index is 758. The number of nitrogens with one attached hydrogen (secondary N) is 1. The first kappa shape index (κ1) is 16.9. The van der Waals surface area contributed by atoms with Gasteiger partial charge in [0.05, 0.1) is 17.2 Å². The van der Waals surface area contributed by atoms with Crippen molar-refractivity contribution in [2.45, 2.75) is 25.8 Å². The molecule has 130 valence electrons. The van der Waals surface area contributed by atoms with Crippen molar-refractivity contribution in [2.75, 3.05) is 18.0 Å². The topological polar surface area (TPSA) is 88.4 Å². The summed E-state index contributed by atoms with van der Waals surface area (Å²) in [6.07, 6.45) is 4.87. The highest BCUT2D eigenvalue weighted by atomic mass is 16.6. The molecule has 0 aliphatic carbocycles. The Balaban J connectivity index is 1.76. The molecule has 7 nitrogen and oxygen atoms in total. The number of hydrogen-bond donors (Lipinski definition) is 1. The molecule has 2 aromatic rings. The summed E-state index contributed by atoms with van der Waals surface area (Å²) >= 11 is 0. The summed E-state index contributed by atoms with van der Waals surface area (Å²) in [7, 11) is 0. The van der Waals surface area contributed by atoms with Gasteiger partial charge in [-0.15, -0.1) is 0 Å². The van der Waals surface area contributed by atoms with E-state index in [0.29, 0.717) is 5.69 Å². The van der Waals surface area contributed by atoms with Gasteiger partial charge in [-0.3, -0.25) is 19.9 Å². The molecule has 0 spiro atoms. The van der Waals surface area contributed by atoms with Crippen LogP contribution in [0.1, 0.15) is 35.3 Å². The molecule has 25 heavy (non-hydrogen) atoms. The maximum Gasteiger partial charge on any atom is 0.293 e. The average molecular weight is 340 g/mol. The molecule has 1 N–H and O–H groups in total. The second-order valence-electron chi connectivity index (χ2n) is 6.01. The number of pyridine rings is 1. The van der Waals surface area contributed by atoms with E-state index in [0.717, 1.165) is 38.0 Å². The Morgan fingerprint density at radius 2 is 2.00 bits per heavy atom. The molecule has 1 aromatic heterocycles. The van der Waals surface area contributed by atoms with E-state index in [-0.39, 0.29) is 23.7 Å². The van der Waals surface area contributed by atoms with Gasteiger partial charge in [0.1, 0.15) is 5.69 Å². The fourth-order valence-electron chi connectivity index (χ4n) is 2.99. The molecule has 1 aromatic carbocycles. The van der Waals surface area contributed by atoms with E-state index >= 15 is 0 Å². The minimum absolute atomic E-state index is 0.0209. The Morgan fingerprint density at radius 3 is 2.68 bits per heavy atom. The van der Waals surface area contributed by atoms with Crippen molar-refractivity contribution in [3.63, 3.8) is 0 Å². The molecule has 0 unspecified atom stereocenters. The highest BCUT2D eigenvalue weighted by molar-refractivity contribution is 5.95. The summed E-state index contributed by atoms with van der Waals surface area (Å²) in [6.45, 7) is 1.90. The van der Waals surface area contributed by atoms with Crippen molar-refractivity contribution in [3.05, 3.63) is 64.0 Å². The number of carbonyl (C=O) groups is 1. The maximum absolute atomic E-state index is 12.3. The second kappa shape index (κ2) is 7.74. The van der Waals surface area contributed by atoms with Gasteiger partial charge in [-0.1, -0.05) is 6.07 Å². The van der Waals surface area contributed by atoms with E-state index < -0.39 is 4.92 Å². The van der Waals surface area contributed by atoms with Gasteiger partial charge in [-0.05, 0) is 43.5 Å². The van der Waals surface area contributed by atoms with Gasteiger partial charge in [0.2, 0.25) is 0 Å². The molecular weight excluding hydrogens is 320 g/mol. The predicted molar refractivity (Wildman–Crippen MR) is 94.6 cm³/mol. The van der Waals surface area contributed by atoms with Gasteiger partial charge in [0, 0.05) is 30.9 Å². The molecule has 0 saturated carbocycles. The predicted octanol–water partition coefficient (Wildman–Crippen LogP) is 2.91. The zero-order valence-electron chi connectivity index (χ0n) is 13.9. The Hall–Kier alpha value is -2.96. The lowest BCUT2D eigenvalue weighted by atomic mass is 10.1. The van der Waals surface area contributed by atoms with E-state index in [4.69, 9.17) is 0 Å². The van der Waals surface area contributed by atoms with E-state index in [9.17, 15) is 14.9 Å². The van der Waals surface area contributed by atoms with Gasteiger partial charge < -0.3 is 10.2 Å². The first-order valence-corrected chi connectivity index (χ1v) is 8.36. The van der Waals surface area contributed by atoms with Gasteiger partial charge in [-0.2, -0.15) is 0 Å². The van der Waals surface area contributed by atoms with Crippen LogP contribution in [0.5, 0.6) is 0 Å². The number of amides is 1. The first-order chi connectivity index (χ1) is 12.1. The van der Waals surface area contributed by atoms with E-state index in [1.807, 2.05) is 17.0 Å². The molecule has 3 rings (SSSR count). The van der Waals surface area contributed by atoms with Crippen LogP contribution < -0.4 is 10.2 Å². The number of nitro groups is 1. The number of nitrogens with zero attached hydrogens (tertiary/aromatic N) is 3. The van der Waals surface area contributed by atoms with Crippen LogP contribution in [0.4, 0.5) is 11.4 Å². The lowest BCUT2D eigenvalue weighted by Gasteiger charge is -2.28. The highest BCUT2D eigenvalue weighted by Crippen LogP contribution is 2.31. The fourth-order valence-corrected chi connectivity index (χ4v) is 2.99. The second-order valence-corrected chi connectivity index (χ2v) is 6.01. The molecule has 0 atom stereocenters. The Morgan fingerprint density at radius 1 is 1.20 bits per heavy atom. The number of anilines is 1. The van der Waals surface area contributed by atoms with E-state index in [2.05, 4.69) is 10.3 Å². The largest absolute Gasteiger partial charge is 0.366 e. The third kappa shape index (κ3) is 4.12. The number of benzene rings is 1. The summed E-state index contributed by atoms with van der Waals surface area (Å²) in [4.78, 5) is 29.5. The number of hydrogen-bond acceptors (Lipinski definition) is 5. The number of rotatable bonds is 5. The fraction of sp³-hybridized carbons (Fsp3) is 0.333. The molecule has 1 fully saturated rings. The van der Waals surface area contributed by atoms with Crippen LogP contribution in [0.15, 0.2) is 42.6 Å².